The first-order valence-electron chi connectivity index (χ1n) is 7.11. The molecular formula is C16H17Cl2NO3S2. The molecule has 0 fully saturated rings. The maximum Gasteiger partial charge on any atom is 0.163 e. The lowest BCUT2D eigenvalue weighted by atomic mass is 10.2. The van der Waals surface area contributed by atoms with Crippen LogP contribution < -0.4 is 14.8 Å². The third-order valence-corrected chi connectivity index (χ3v) is 4.97. The number of nitrogens with one attached hydrogen (secondary N) is 1. The van der Waals surface area contributed by atoms with Gasteiger partial charge in [-0.05, 0) is 25.1 Å². The molecule has 1 aromatic rings. The summed E-state index contributed by atoms with van der Waals surface area (Å²) >= 11 is 18.3. The molecule has 0 bridgehead atoms. The van der Waals surface area contributed by atoms with Crippen molar-refractivity contribution in [1.82, 2.24) is 0 Å². The van der Waals surface area contributed by atoms with Gasteiger partial charge < -0.3 is 19.5 Å². The van der Waals surface area contributed by atoms with Crippen LogP contribution in [0.2, 0.25) is 0 Å². The third-order valence-electron chi connectivity index (χ3n) is 3.07. The van der Waals surface area contributed by atoms with Crippen LogP contribution >= 0.6 is 47.2 Å². The molecule has 0 aliphatic carbocycles. The first-order valence-corrected chi connectivity index (χ1v) is 9.26. The van der Waals surface area contributed by atoms with Crippen LogP contribution in [0.15, 0.2) is 39.4 Å². The second kappa shape index (κ2) is 9.42. The minimum Gasteiger partial charge on any atom is -0.496 e. The third kappa shape index (κ3) is 5.48. The number of rotatable bonds is 6. The molecule has 0 saturated heterocycles. The van der Waals surface area contributed by atoms with Gasteiger partial charge in [0.25, 0.3) is 0 Å². The zero-order valence-corrected chi connectivity index (χ0v) is 16.4. The van der Waals surface area contributed by atoms with Crippen molar-refractivity contribution in [1.29, 1.82) is 0 Å². The second-order valence-electron chi connectivity index (χ2n) is 4.71. The predicted octanol–water partition coefficient (Wildman–Crippen LogP) is 5.13. The molecule has 1 heterocycles. The van der Waals surface area contributed by atoms with E-state index in [0.29, 0.717) is 23.1 Å². The summed E-state index contributed by atoms with van der Waals surface area (Å²) in [6, 6.07) is 5.48. The summed E-state index contributed by atoms with van der Waals surface area (Å²) in [4.78, 5) is 1.57. The molecule has 4 nitrogen and oxygen atoms in total. The SMILES string of the molecule is COc1ccc(NC(=S)C2=C(C)OCCS2)cc1OCC=C(Cl)Cl. The molecule has 0 radical (unpaired) electrons. The molecule has 24 heavy (non-hydrogen) atoms. The monoisotopic (exact) mass is 405 g/mol. The van der Waals surface area contributed by atoms with Crippen LogP contribution in [-0.4, -0.2) is 31.1 Å². The van der Waals surface area contributed by atoms with Crippen molar-refractivity contribution < 1.29 is 14.2 Å². The highest BCUT2D eigenvalue weighted by Crippen LogP contribution is 2.32. The van der Waals surface area contributed by atoms with E-state index in [1.54, 1.807) is 31.0 Å². The molecule has 0 saturated carbocycles. The number of hydrogen-bond acceptors (Lipinski definition) is 5. The Hall–Kier alpha value is -1.08. The van der Waals surface area contributed by atoms with E-state index in [-0.39, 0.29) is 11.1 Å². The van der Waals surface area contributed by atoms with Crippen molar-refractivity contribution in [3.63, 3.8) is 0 Å². The van der Waals surface area contributed by atoms with Gasteiger partial charge in [0, 0.05) is 17.5 Å². The number of benzene rings is 1. The van der Waals surface area contributed by atoms with Crippen molar-refractivity contribution >= 4 is 57.9 Å². The number of hydrogen-bond donors (Lipinski definition) is 1. The Morgan fingerprint density at radius 2 is 2.21 bits per heavy atom. The first kappa shape index (κ1) is 19.2. The Labute approximate surface area is 161 Å². The number of anilines is 1. The van der Waals surface area contributed by atoms with Gasteiger partial charge in [-0.3, -0.25) is 0 Å². The Morgan fingerprint density at radius 1 is 1.42 bits per heavy atom. The highest BCUT2D eigenvalue weighted by molar-refractivity contribution is 8.05. The van der Waals surface area contributed by atoms with Gasteiger partial charge in [0.15, 0.2) is 11.5 Å². The van der Waals surface area contributed by atoms with Crippen LogP contribution in [0, 0.1) is 0 Å². The second-order valence-corrected chi connectivity index (χ2v) is 7.23. The van der Waals surface area contributed by atoms with E-state index in [2.05, 4.69) is 5.32 Å². The van der Waals surface area contributed by atoms with Gasteiger partial charge in [-0.25, -0.2) is 0 Å². The lowest BCUT2D eigenvalue weighted by molar-refractivity contribution is 0.231. The van der Waals surface area contributed by atoms with E-state index in [1.165, 1.54) is 0 Å². The average Bonchev–Trinajstić information content (AvgIpc) is 2.55. The standard InChI is InChI=1S/C16H17Cl2NO3S2/c1-10-15(24-8-7-21-10)16(23)19-11-3-4-12(20-2)13(9-11)22-6-5-14(17)18/h3-5,9H,6-8H2,1-2H3,(H,19,23). The van der Waals surface area contributed by atoms with E-state index in [0.717, 1.165) is 22.1 Å². The summed E-state index contributed by atoms with van der Waals surface area (Å²) in [7, 11) is 1.58. The summed E-state index contributed by atoms with van der Waals surface area (Å²) in [5.74, 6) is 2.90. The Morgan fingerprint density at radius 3 is 2.88 bits per heavy atom. The van der Waals surface area contributed by atoms with Gasteiger partial charge in [0.05, 0.1) is 18.6 Å². The van der Waals surface area contributed by atoms with E-state index >= 15 is 0 Å². The van der Waals surface area contributed by atoms with Crippen molar-refractivity contribution in [2.45, 2.75) is 6.92 Å². The molecule has 130 valence electrons. The minimum absolute atomic E-state index is 0.154. The fraction of sp³-hybridized carbons (Fsp3) is 0.312. The number of allylic oxidation sites excluding steroid dienone is 1. The van der Waals surface area contributed by atoms with Gasteiger partial charge in [-0.15, -0.1) is 11.8 Å². The maximum absolute atomic E-state index is 5.63. The topological polar surface area (TPSA) is 39.7 Å². The Kier molecular flexibility index (Phi) is 7.55. The molecule has 1 aliphatic rings. The van der Waals surface area contributed by atoms with Gasteiger partial charge in [0.1, 0.15) is 21.8 Å². The highest BCUT2D eigenvalue weighted by Gasteiger charge is 2.16. The number of halogens is 2. The van der Waals surface area contributed by atoms with Crippen LogP contribution in [-0.2, 0) is 4.74 Å². The van der Waals surface area contributed by atoms with Crippen LogP contribution in [0.5, 0.6) is 11.5 Å². The van der Waals surface area contributed by atoms with Crippen molar-refractivity contribution in [3.05, 3.63) is 39.4 Å². The molecule has 1 aromatic carbocycles. The molecule has 0 atom stereocenters. The normalized spacial score (nSPS) is 13.8. The molecule has 1 aliphatic heterocycles. The van der Waals surface area contributed by atoms with E-state index in [4.69, 9.17) is 49.6 Å². The maximum atomic E-state index is 5.63. The highest BCUT2D eigenvalue weighted by atomic mass is 35.5. The summed E-state index contributed by atoms with van der Waals surface area (Å²) in [5.41, 5.74) is 0.795. The van der Waals surface area contributed by atoms with Crippen LogP contribution in [0.3, 0.4) is 0 Å². The molecule has 0 aromatic heterocycles. The number of ether oxygens (including phenoxy) is 3. The van der Waals surface area contributed by atoms with Crippen LogP contribution in [0.4, 0.5) is 5.69 Å². The molecular weight excluding hydrogens is 389 g/mol. The van der Waals surface area contributed by atoms with E-state index in [9.17, 15) is 0 Å². The zero-order valence-electron chi connectivity index (χ0n) is 13.2. The first-order chi connectivity index (χ1) is 11.5. The summed E-state index contributed by atoms with van der Waals surface area (Å²) in [5, 5.41) is 3.20. The molecule has 0 amide bonds. The van der Waals surface area contributed by atoms with Gasteiger partial charge in [0.2, 0.25) is 0 Å². The zero-order chi connectivity index (χ0) is 17.5. The van der Waals surface area contributed by atoms with Crippen molar-refractivity contribution in [2.24, 2.45) is 0 Å². The summed E-state index contributed by atoms with van der Waals surface area (Å²) < 4.78 is 16.6. The minimum atomic E-state index is 0.154. The summed E-state index contributed by atoms with van der Waals surface area (Å²) in [6.07, 6.45) is 1.55. The molecule has 2 rings (SSSR count). The predicted molar refractivity (Wildman–Crippen MR) is 106 cm³/mol. The quantitative estimate of drug-likeness (QED) is 0.661. The molecule has 0 unspecified atom stereocenters. The molecule has 1 N–H and O–H groups in total. The molecule has 0 spiro atoms. The lowest BCUT2D eigenvalue weighted by Crippen LogP contribution is -2.16. The Balaban J connectivity index is 2.13. The molecule has 8 heteroatoms. The van der Waals surface area contributed by atoms with E-state index in [1.807, 2.05) is 19.1 Å². The average molecular weight is 406 g/mol. The number of thiocarbonyl (C=S) groups is 1. The van der Waals surface area contributed by atoms with E-state index < -0.39 is 0 Å². The lowest BCUT2D eigenvalue weighted by Gasteiger charge is -2.20. The van der Waals surface area contributed by atoms with Gasteiger partial charge >= 0.3 is 0 Å². The smallest absolute Gasteiger partial charge is 0.163 e. The van der Waals surface area contributed by atoms with Gasteiger partial charge in [-0.1, -0.05) is 35.4 Å². The number of methoxy groups -OCH3 is 1. The van der Waals surface area contributed by atoms with Crippen molar-refractivity contribution in [2.75, 3.05) is 31.4 Å². The van der Waals surface area contributed by atoms with Gasteiger partial charge in [-0.2, -0.15) is 0 Å². The van der Waals surface area contributed by atoms with Crippen molar-refractivity contribution in [3.8, 4) is 11.5 Å². The number of thioether (sulfide) groups is 1. The fourth-order valence-electron chi connectivity index (χ4n) is 1.98. The van der Waals surface area contributed by atoms with Crippen LogP contribution in [0.25, 0.3) is 0 Å². The summed E-state index contributed by atoms with van der Waals surface area (Å²) in [6.45, 7) is 2.86. The largest absolute Gasteiger partial charge is 0.496 e. The Bertz CT molecular complexity index is 673. The fourth-order valence-corrected chi connectivity index (χ4v) is 3.36. The van der Waals surface area contributed by atoms with Crippen LogP contribution in [0.1, 0.15) is 6.92 Å².